The van der Waals surface area contributed by atoms with Gasteiger partial charge in [-0.2, -0.15) is 0 Å². The molecule has 0 aliphatic rings. The fourth-order valence-electron chi connectivity index (χ4n) is 1.95. The molecule has 0 aliphatic heterocycles. The second-order valence-electron chi connectivity index (χ2n) is 4.63. The van der Waals surface area contributed by atoms with Gasteiger partial charge in [0.1, 0.15) is 0 Å². The van der Waals surface area contributed by atoms with Crippen molar-refractivity contribution >= 4 is 16.5 Å². The van der Waals surface area contributed by atoms with Gasteiger partial charge in [-0.3, -0.25) is 4.79 Å². The first kappa shape index (κ1) is 13.7. The number of hydrogen-bond acceptors (Lipinski definition) is 5. The van der Waals surface area contributed by atoms with Crippen LogP contribution in [0.15, 0.2) is 16.9 Å². The van der Waals surface area contributed by atoms with Crippen LogP contribution < -0.4 is 10.9 Å². The molecule has 0 radical (unpaired) electrons. The maximum absolute atomic E-state index is 12.3. The highest BCUT2D eigenvalue weighted by Gasteiger charge is 2.13. The van der Waals surface area contributed by atoms with Gasteiger partial charge in [-0.25, -0.2) is 0 Å². The van der Waals surface area contributed by atoms with Crippen molar-refractivity contribution < 1.29 is 0 Å². The Hall–Kier alpha value is -1.69. The zero-order valence-electron chi connectivity index (χ0n) is 11.6. The fourth-order valence-corrected chi connectivity index (χ4v) is 2.78. The quantitative estimate of drug-likeness (QED) is 0.933. The molecule has 2 heterocycles. The molecule has 0 atom stereocenters. The third-order valence-corrected chi connectivity index (χ3v) is 3.83. The minimum atomic E-state index is -0.0228. The lowest BCUT2D eigenvalue weighted by Gasteiger charge is -2.11. The van der Waals surface area contributed by atoms with E-state index < -0.39 is 0 Å². The van der Waals surface area contributed by atoms with E-state index in [1.54, 1.807) is 11.6 Å². The molecule has 0 unspecified atom stereocenters. The molecule has 5 nitrogen and oxygen atoms in total. The zero-order valence-corrected chi connectivity index (χ0v) is 12.4. The molecule has 0 aliphatic carbocycles. The van der Waals surface area contributed by atoms with Crippen molar-refractivity contribution in [1.29, 1.82) is 0 Å². The lowest BCUT2D eigenvalue weighted by molar-refractivity contribution is 0.708. The summed E-state index contributed by atoms with van der Waals surface area (Å²) in [6.07, 6.45) is 0. The highest BCUT2D eigenvalue weighted by Crippen LogP contribution is 2.24. The van der Waals surface area contributed by atoms with E-state index in [2.05, 4.69) is 29.4 Å². The normalized spacial score (nSPS) is 11.0. The van der Waals surface area contributed by atoms with Crippen LogP contribution in [0.1, 0.15) is 32.4 Å². The molecule has 0 saturated carbocycles. The SMILES string of the molecule is CCNc1nnc(-c2ccc(C(C)C)n(C)c2=O)s1. The summed E-state index contributed by atoms with van der Waals surface area (Å²) in [6.45, 7) is 6.93. The molecule has 2 aromatic heterocycles. The van der Waals surface area contributed by atoms with E-state index in [0.29, 0.717) is 16.5 Å². The van der Waals surface area contributed by atoms with Gasteiger partial charge in [0.05, 0.1) is 5.56 Å². The van der Waals surface area contributed by atoms with E-state index in [4.69, 9.17) is 0 Å². The molecule has 0 saturated heterocycles. The molecule has 19 heavy (non-hydrogen) atoms. The van der Waals surface area contributed by atoms with Crippen molar-refractivity contribution in [2.45, 2.75) is 26.7 Å². The molecule has 2 rings (SSSR count). The second-order valence-corrected chi connectivity index (χ2v) is 5.61. The van der Waals surface area contributed by atoms with Crippen LogP contribution in [0.2, 0.25) is 0 Å². The number of pyridine rings is 1. The average Bonchev–Trinajstić information content (AvgIpc) is 2.81. The fraction of sp³-hybridized carbons (Fsp3) is 0.462. The van der Waals surface area contributed by atoms with Gasteiger partial charge in [0.2, 0.25) is 5.13 Å². The summed E-state index contributed by atoms with van der Waals surface area (Å²) < 4.78 is 1.69. The van der Waals surface area contributed by atoms with Gasteiger partial charge in [-0.15, -0.1) is 10.2 Å². The molecule has 102 valence electrons. The molecular weight excluding hydrogens is 260 g/mol. The van der Waals surface area contributed by atoms with E-state index in [9.17, 15) is 4.79 Å². The minimum absolute atomic E-state index is 0.0228. The van der Waals surface area contributed by atoms with E-state index >= 15 is 0 Å². The first-order chi connectivity index (χ1) is 9.04. The summed E-state index contributed by atoms with van der Waals surface area (Å²) in [5.74, 6) is 0.318. The minimum Gasteiger partial charge on any atom is -0.360 e. The number of nitrogens with zero attached hydrogens (tertiary/aromatic N) is 3. The van der Waals surface area contributed by atoms with E-state index in [-0.39, 0.29) is 5.56 Å². The Balaban J connectivity index is 2.45. The molecule has 6 heteroatoms. The first-order valence-corrected chi connectivity index (χ1v) is 7.14. The molecule has 0 spiro atoms. The maximum Gasteiger partial charge on any atom is 0.260 e. The Morgan fingerprint density at radius 2 is 2.11 bits per heavy atom. The van der Waals surface area contributed by atoms with Crippen molar-refractivity contribution in [3.63, 3.8) is 0 Å². The Morgan fingerprint density at radius 3 is 2.74 bits per heavy atom. The standard InChI is InChI=1S/C13H18N4OS/c1-5-14-13-16-15-11(19-13)9-6-7-10(8(2)3)17(4)12(9)18/h6-8H,5H2,1-4H3,(H,14,16). The third-order valence-electron chi connectivity index (χ3n) is 2.92. The summed E-state index contributed by atoms with van der Waals surface area (Å²) in [4.78, 5) is 12.3. The summed E-state index contributed by atoms with van der Waals surface area (Å²) in [5, 5.41) is 12.6. The monoisotopic (exact) mass is 278 g/mol. The topological polar surface area (TPSA) is 59.8 Å². The van der Waals surface area contributed by atoms with Crippen LogP contribution in [0.4, 0.5) is 5.13 Å². The van der Waals surface area contributed by atoms with Crippen molar-refractivity contribution in [2.75, 3.05) is 11.9 Å². The molecule has 0 amide bonds. The molecule has 2 aromatic rings. The largest absolute Gasteiger partial charge is 0.360 e. The van der Waals surface area contributed by atoms with Gasteiger partial charge < -0.3 is 9.88 Å². The highest BCUT2D eigenvalue weighted by atomic mass is 32.1. The second kappa shape index (κ2) is 5.52. The predicted molar refractivity (Wildman–Crippen MR) is 78.8 cm³/mol. The first-order valence-electron chi connectivity index (χ1n) is 6.32. The summed E-state index contributed by atoms with van der Waals surface area (Å²) in [6, 6.07) is 3.82. The summed E-state index contributed by atoms with van der Waals surface area (Å²) >= 11 is 1.40. The van der Waals surface area contributed by atoms with Gasteiger partial charge in [0.15, 0.2) is 5.01 Å². The van der Waals surface area contributed by atoms with Gasteiger partial charge in [0.25, 0.3) is 5.56 Å². The molecule has 0 bridgehead atoms. The lowest BCUT2D eigenvalue weighted by Crippen LogP contribution is -2.22. The lowest BCUT2D eigenvalue weighted by atomic mass is 10.1. The average molecular weight is 278 g/mol. The van der Waals surface area contributed by atoms with Crippen molar-refractivity contribution in [2.24, 2.45) is 7.05 Å². The van der Waals surface area contributed by atoms with Gasteiger partial charge in [-0.1, -0.05) is 25.2 Å². The maximum atomic E-state index is 12.3. The van der Waals surface area contributed by atoms with Crippen LogP contribution in [-0.4, -0.2) is 21.3 Å². The Labute approximate surface area is 116 Å². The van der Waals surface area contributed by atoms with Crippen molar-refractivity contribution in [3.05, 3.63) is 28.2 Å². The Kier molecular flexibility index (Phi) is 3.99. The highest BCUT2D eigenvalue weighted by molar-refractivity contribution is 7.18. The van der Waals surface area contributed by atoms with Crippen LogP contribution in [0.5, 0.6) is 0 Å². The third kappa shape index (κ3) is 2.68. The number of hydrogen-bond donors (Lipinski definition) is 1. The van der Waals surface area contributed by atoms with Gasteiger partial charge in [-0.05, 0) is 25.0 Å². The van der Waals surface area contributed by atoms with E-state index in [1.165, 1.54) is 11.3 Å². The Bertz CT molecular complexity index is 630. The van der Waals surface area contributed by atoms with Crippen LogP contribution >= 0.6 is 11.3 Å². The summed E-state index contributed by atoms with van der Waals surface area (Å²) in [7, 11) is 1.80. The number of rotatable bonds is 4. The number of aromatic nitrogens is 3. The smallest absolute Gasteiger partial charge is 0.260 e. The number of anilines is 1. The van der Waals surface area contributed by atoms with Crippen molar-refractivity contribution in [1.82, 2.24) is 14.8 Å². The van der Waals surface area contributed by atoms with Crippen LogP contribution in [0.25, 0.3) is 10.6 Å². The molecule has 0 aromatic carbocycles. The number of nitrogens with one attached hydrogen (secondary N) is 1. The van der Waals surface area contributed by atoms with Crippen LogP contribution in [0, 0.1) is 0 Å². The Morgan fingerprint density at radius 1 is 1.37 bits per heavy atom. The van der Waals surface area contributed by atoms with Crippen molar-refractivity contribution in [3.8, 4) is 10.6 Å². The van der Waals surface area contributed by atoms with Gasteiger partial charge >= 0.3 is 0 Å². The zero-order chi connectivity index (χ0) is 14.0. The van der Waals surface area contributed by atoms with E-state index in [1.807, 2.05) is 19.1 Å². The predicted octanol–water partition coefficient (Wildman–Crippen LogP) is 2.46. The molecular formula is C13H18N4OS. The molecule has 0 fully saturated rings. The molecule has 1 N–H and O–H groups in total. The van der Waals surface area contributed by atoms with Crippen LogP contribution in [0.3, 0.4) is 0 Å². The van der Waals surface area contributed by atoms with E-state index in [0.717, 1.165) is 17.4 Å². The van der Waals surface area contributed by atoms with Crippen LogP contribution in [-0.2, 0) is 7.05 Å². The summed E-state index contributed by atoms with van der Waals surface area (Å²) in [5.41, 5.74) is 1.60. The van der Waals surface area contributed by atoms with Gasteiger partial charge in [0, 0.05) is 19.3 Å².